The van der Waals surface area contributed by atoms with Crippen LogP contribution in [0.4, 0.5) is 5.69 Å². The molecular weight excluding hydrogens is 256 g/mol. The normalized spacial score (nSPS) is 11.8. The Morgan fingerprint density at radius 2 is 2.10 bits per heavy atom. The van der Waals surface area contributed by atoms with Gasteiger partial charge in [0.25, 0.3) is 0 Å². The second-order valence-corrected chi connectivity index (χ2v) is 4.60. The van der Waals surface area contributed by atoms with E-state index in [4.69, 9.17) is 15.2 Å². The third-order valence-corrected chi connectivity index (χ3v) is 2.85. The van der Waals surface area contributed by atoms with Crippen molar-refractivity contribution in [3.05, 3.63) is 18.2 Å². The number of ether oxygens (including phenoxy) is 2. The third kappa shape index (κ3) is 5.09. The molecule has 20 heavy (non-hydrogen) atoms. The number of carbonyl (C=O) groups excluding carboxylic acids is 1. The van der Waals surface area contributed by atoms with Crippen LogP contribution in [0, 0.1) is 0 Å². The molecule has 0 saturated carbocycles. The van der Waals surface area contributed by atoms with E-state index < -0.39 is 0 Å². The van der Waals surface area contributed by atoms with E-state index in [1.54, 1.807) is 25.3 Å². The summed E-state index contributed by atoms with van der Waals surface area (Å²) in [6, 6.07) is 5.22. The van der Waals surface area contributed by atoms with Gasteiger partial charge < -0.3 is 20.5 Å². The van der Waals surface area contributed by atoms with Crippen molar-refractivity contribution in [3.8, 4) is 11.5 Å². The molecule has 3 N–H and O–H groups in total. The minimum Gasteiger partial charge on any atom is -0.493 e. The number of hydrogen-bond acceptors (Lipinski definition) is 4. The van der Waals surface area contributed by atoms with Crippen molar-refractivity contribution in [3.63, 3.8) is 0 Å². The van der Waals surface area contributed by atoms with Crippen LogP contribution in [-0.2, 0) is 4.79 Å². The van der Waals surface area contributed by atoms with Gasteiger partial charge in [-0.15, -0.1) is 0 Å². The van der Waals surface area contributed by atoms with Gasteiger partial charge in [-0.2, -0.15) is 0 Å². The SMILES string of the molecule is CCCC(N)CC(=O)Nc1ccc(OC)c(OCC)c1. The molecule has 0 radical (unpaired) electrons. The lowest BCUT2D eigenvalue weighted by molar-refractivity contribution is -0.116. The molecule has 0 aromatic heterocycles. The van der Waals surface area contributed by atoms with E-state index in [0.717, 1.165) is 12.8 Å². The lowest BCUT2D eigenvalue weighted by Crippen LogP contribution is -2.26. The highest BCUT2D eigenvalue weighted by Gasteiger charge is 2.11. The fourth-order valence-electron chi connectivity index (χ4n) is 1.95. The topological polar surface area (TPSA) is 73.6 Å². The average Bonchev–Trinajstić information content (AvgIpc) is 2.39. The van der Waals surface area contributed by atoms with Gasteiger partial charge in [-0.05, 0) is 25.5 Å². The summed E-state index contributed by atoms with van der Waals surface area (Å²) in [4.78, 5) is 11.9. The molecular formula is C15H24N2O3. The highest BCUT2D eigenvalue weighted by molar-refractivity contribution is 5.91. The lowest BCUT2D eigenvalue weighted by Gasteiger charge is -2.13. The van der Waals surface area contributed by atoms with E-state index in [0.29, 0.717) is 30.2 Å². The molecule has 0 aliphatic heterocycles. The van der Waals surface area contributed by atoms with Crippen LogP contribution in [-0.4, -0.2) is 25.7 Å². The van der Waals surface area contributed by atoms with E-state index in [-0.39, 0.29) is 11.9 Å². The molecule has 0 spiro atoms. The van der Waals surface area contributed by atoms with Gasteiger partial charge in [0.05, 0.1) is 13.7 Å². The number of amides is 1. The van der Waals surface area contributed by atoms with Gasteiger partial charge in [0.2, 0.25) is 5.91 Å². The third-order valence-electron chi connectivity index (χ3n) is 2.85. The maximum atomic E-state index is 11.9. The van der Waals surface area contributed by atoms with Crippen LogP contribution in [0.25, 0.3) is 0 Å². The molecule has 1 atom stereocenters. The first kappa shape index (κ1) is 16.3. The lowest BCUT2D eigenvalue weighted by atomic mass is 10.1. The number of anilines is 1. The molecule has 1 amide bonds. The molecule has 5 nitrogen and oxygen atoms in total. The summed E-state index contributed by atoms with van der Waals surface area (Å²) in [5.41, 5.74) is 6.54. The van der Waals surface area contributed by atoms with Crippen molar-refractivity contribution in [2.75, 3.05) is 19.0 Å². The molecule has 112 valence electrons. The van der Waals surface area contributed by atoms with Crippen molar-refractivity contribution in [2.24, 2.45) is 5.73 Å². The van der Waals surface area contributed by atoms with Gasteiger partial charge in [-0.1, -0.05) is 13.3 Å². The molecule has 1 unspecified atom stereocenters. The number of nitrogens with one attached hydrogen (secondary N) is 1. The molecule has 1 aromatic carbocycles. The molecule has 0 bridgehead atoms. The zero-order valence-electron chi connectivity index (χ0n) is 12.4. The Balaban J connectivity index is 2.67. The Morgan fingerprint density at radius 3 is 2.70 bits per heavy atom. The highest BCUT2D eigenvalue weighted by atomic mass is 16.5. The second kappa shape index (κ2) is 8.43. The Morgan fingerprint density at radius 1 is 1.35 bits per heavy atom. The average molecular weight is 280 g/mol. The number of rotatable bonds is 8. The second-order valence-electron chi connectivity index (χ2n) is 4.60. The summed E-state index contributed by atoms with van der Waals surface area (Å²) in [6.07, 6.45) is 2.15. The first-order chi connectivity index (χ1) is 9.60. The Kier molecular flexibility index (Phi) is 6.87. The monoisotopic (exact) mass is 280 g/mol. The standard InChI is InChI=1S/C15H24N2O3/c1-4-6-11(16)9-15(18)17-12-7-8-13(19-3)14(10-12)20-5-2/h7-8,10-11H,4-6,9,16H2,1-3H3,(H,17,18). The zero-order chi connectivity index (χ0) is 15.0. The maximum Gasteiger partial charge on any atom is 0.225 e. The molecule has 0 heterocycles. The Labute approximate surface area is 120 Å². The minimum atomic E-state index is -0.0930. The summed E-state index contributed by atoms with van der Waals surface area (Å²) in [5, 5.41) is 2.83. The fourth-order valence-corrected chi connectivity index (χ4v) is 1.95. The van der Waals surface area contributed by atoms with E-state index in [1.165, 1.54) is 0 Å². The van der Waals surface area contributed by atoms with Gasteiger partial charge in [-0.25, -0.2) is 0 Å². The van der Waals surface area contributed by atoms with Crippen LogP contribution in [0.15, 0.2) is 18.2 Å². The summed E-state index contributed by atoms with van der Waals surface area (Å²) in [6.45, 7) is 4.49. The number of carbonyl (C=O) groups is 1. The van der Waals surface area contributed by atoms with Crippen molar-refractivity contribution in [1.29, 1.82) is 0 Å². The summed E-state index contributed by atoms with van der Waals surface area (Å²) in [7, 11) is 1.58. The quantitative estimate of drug-likeness (QED) is 0.767. The molecule has 1 rings (SSSR count). The van der Waals surface area contributed by atoms with Crippen molar-refractivity contribution >= 4 is 11.6 Å². The summed E-state index contributed by atoms with van der Waals surface area (Å²) >= 11 is 0. The van der Waals surface area contributed by atoms with Gasteiger partial charge in [0, 0.05) is 24.2 Å². The predicted octanol–water partition coefficient (Wildman–Crippen LogP) is 2.55. The van der Waals surface area contributed by atoms with E-state index in [1.807, 2.05) is 6.92 Å². The molecule has 0 aliphatic carbocycles. The van der Waals surface area contributed by atoms with Gasteiger partial charge in [-0.3, -0.25) is 4.79 Å². The molecule has 0 aliphatic rings. The van der Waals surface area contributed by atoms with Crippen molar-refractivity contribution < 1.29 is 14.3 Å². The first-order valence-corrected chi connectivity index (χ1v) is 6.96. The molecule has 1 aromatic rings. The largest absolute Gasteiger partial charge is 0.493 e. The number of methoxy groups -OCH3 is 1. The van der Waals surface area contributed by atoms with Gasteiger partial charge >= 0.3 is 0 Å². The van der Waals surface area contributed by atoms with Gasteiger partial charge in [0.15, 0.2) is 11.5 Å². The van der Waals surface area contributed by atoms with Crippen molar-refractivity contribution in [2.45, 2.75) is 39.2 Å². The molecule has 0 fully saturated rings. The smallest absolute Gasteiger partial charge is 0.225 e. The molecule has 5 heteroatoms. The van der Waals surface area contributed by atoms with Crippen LogP contribution >= 0.6 is 0 Å². The van der Waals surface area contributed by atoms with Crippen molar-refractivity contribution in [1.82, 2.24) is 0 Å². The maximum absolute atomic E-state index is 11.9. The van der Waals surface area contributed by atoms with E-state index in [2.05, 4.69) is 12.2 Å². The van der Waals surface area contributed by atoms with Crippen LogP contribution in [0.5, 0.6) is 11.5 Å². The fraction of sp³-hybridized carbons (Fsp3) is 0.533. The predicted molar refractivity (Wildman–Crippen MR) is 80.3 cm³/mol. The van der Waals surface area contributed by atoms with E-state index >= 15 is 0 Å². The van der Waals surface area contributed by atoms with Gasteiger partial charge in [0.1, 0.15) is 0 Å². The summed E-state index contributed by atoms with van der Waals surface area (Å²) < 4.78 is 10.7. The number of hydrogen-bond donors (Lipinski definition) is 2. The van der Waals surface area contributed by atoms with Crippen LogP contribution in [0.2, 0.25) is 0 Å². The number of nitrogens with two attached hydrogens (primary N) is 1. The highest BCUT2D eigenvalue weighted by Crippen LogP contribution is 2.30. The minimum absolute atomic E-state index is 0.0847. The van der Waals surface area contributed by atoms with Crippen LogP contribution < -0.4 is 20.5 Å². The Bertz CT molecular complexity index is 435. The Hall–Kier alpha value is -1.75. The van der Waals surface area contributed by atoms with Crippen LogP contribution in [0.1, 0.15) is 33.1 Å². The zero-order valence-corrected chi connectivity index (χ0v) is 12.4. The summed E-state index contributed by atoms with van der Waals surface area (Å²) in [5.74, 6) is 1.18. The van der Waals surface area contributed by atoms with Crippen LogP contribution in [0.3, 0.4) is 0 Å². The first-order valence-electron chi connectivity index (χ1n) is 6.96. The van der Waals surface area contributed by atoms with E-state index in [9.17, 15) is 4.79 Å². The molecule has 0 saturated heterocycles. The number of benzene rings is 1.